The number of hydrogen-bond donors (Lipinski definition) is 1. The van der Waals surface area contributed by atoms with Gasteiger partial charge in [0.1, 0.15) is 5.78 Å². The largest absolute Gasteiger partial charge is 0.493 e. The van der Waals surface area contributed by atoms with Crippen molar-refractivity contribution < 1.29 is 19.4 Å². The first-order chi connectivity index (χ1) is 10.1. The molecule has 1 aromatic rings. The van der Waals surface area contributed by atoms with Crippen LogP contribution in [0.3, 0.4) is 0 Å². The van der Waals surface area contributed by atoms with Crippen LogP contribution in [0.15, 0.2) is 30.4 Å². The molecule has 1 unspecified atom stereocenters. The maximum atomic E-state index is 11.2. The molecule has 114 valence electrons. The summed E-state index contributed by atoms with van der Waals surface area (Å²) in [5.41, 5.74) is 0.979. The number of ketones is 1. The zero-order chi connectivity index (χ0) is 15.2. The van der Waals surface area contributed by atoms with Crippen molar-refractivity contribution in [2.24, 2.45) is 5.92 Å². The van der Waals surface area contributed by atoms with Crippen molar-refractivity contribution in [3.63, 3.8) is 0 Å². The summed E-state index contributed by atoms with van der Waals surface area (Å²) in [7, 11) is 3.19. The molecule has 0 radical (unpaired) electrons. The van der Waals surface area contributed by atoms with Crippen molar-refractivity contribution in [1.82, 2.24) is 0 Å². The van der Waals surface area contributed by atoms with E-state index in [9.17, 15) is 9.90 Å². The molecule has 0 aromatic heterocycles. The van der Waals surface area contributed by atoms with Gasteiger partial charge in [-0.15, -0.1) is 0 Å². The summed E-state index contributed by atoms with van der Waals surface area (Å²) < 4.78 is 10.4. The highest BCUT2D eigenvalue weighted by molar-refractivity contribution is 5.80. The third kappa shape index (κ3) is 4.33. The maximum absolute atomic E-state index is 11.2. The van der Waals surface area contributed by atoms with Crippen LogP contribution in [0.5, 0.6) is 11.5 Å². The van der Waals surface area contributed by atoms with E-state index in [1.807, 2.05) is 24.3 Å². The summed E-state index contributed by atoms with van der Waals surface area (Å²) >= 11 is 0. The molecule has 1 fully saturated rings. The molecule has 1 aliphatic rings. The minimum Gasteiger partial charge on any atom is -0.493 e. The Hall–Kier alpha value is -1.81. The first-order valence-corrected chi connectivity index (χ1v) is 7.21. The minimum atomic E-state index is -0.557. The van der Waals surface area contributed by atoms with Gasteiger partial charge in [-0.2, -0.15) is 0 Å². The van der Waals surface area contributed by atoms with Crippen molar-refractivity contribution in [3.8, 4) is 11.5 Å². The molecule has 4 nitrogen and oxygen atoms in total. The predicted octanol–water partition coefficient (Wildman–Crippen LogP) is 2.53. The number of methoxy groups -OCH3 is 2. The van der Waals surface area contributed by atoms with E-state index < -0.39 is 6.10 Å². The number of carbonyl (C=O) groups is 1. The highest BCUT2D eigenvalue weighted by atomic mass is 16.5. The smallest absolute Gasteiger partial charge is 0.160 e. The van der Waals surface area contributed by atoms with E-state index in [0.29, 0.717) is 36.5 Å². The summed E-state index contributed by atoms with van der Waals surface area (Å²) in [6, 6.07) is 5.62. The molecule has 0 amide bonds. The van der Waals surface area contributed by atoms with Crippen molar-refractivity contribution in [1.29, 1.82) is 0 Å². The standard InChI is InChI=1S/C17H22O4/c1-20-16-8-5-13(11-17(16)21-2)10-15(19)7-4-12-3-6-14(18)9-12/h4-5,7-8,11-12,15,19H,3,6,9-10H2,1-2H3/b7-4+/t12-,15?/m1/s1. The van der Waals surface area contributed by atoms with Crippen LogP contribution in [0.1, 0.15) is 24.8 Å². The fraction of sp³-hybridized carbons (Fsp3) is 0.471. The van der Waals surface area contributed by atoms with Gasteiger partial charge in [0.15, 0.2) is 11.5 Å². The lowest BCUT2D eigenvalue weighted by molar-refractivity contribution is -0.117. The minimum absolute atomic E-state index is 0.289. The molecule has 0 saturated heterocycles. The van der Waals surface area contributed by atoms with Crippen LogP contribution in [0, 0.1) is 5.92 Å². The van der Waals surface area contributed by atoms with Gasteiger partial charge < -0.3 is 14.6 Å². The Balaban J connectivity index is 1.94. The average molecular weight is 290 g/mol. The van der Waals surface area contributed by atoms with E-state index in [2.05, 4.69) is 0 Å². The van der Waals surface area contributed by atoms with Crippen LogP contribution in [0.25, 0.3) is 0 Å². The first-order valence-electron chi connectivity index (χ1n) is 7.21. The van der Waals surface area contributed by atoms with E-state index in [0.717, 1.165) is 12.0 Å². The summed E-state index contributed by atoms with van der Waals surface area (Å²) in [5, 5.41) is 10.1. The number of rotatable bonds is 6. The molecule has 2 atom stereocenters. The third-order valence-electron chi connectivity index (χ3n) is 3.78. The SMILES string of the molecule is COc1ccc(CC(O)/C=C/[C@H]2CCC(=O)C2)cc1OC. The highest BCUT2D eigenvalue weighted by Crippen LogP contribution is 2.28. The van der Waals surface area contributed by atoms with Gasteiger partial charge in [-0.05, 0) is 30.0 Å². The Morgan fingerprint density at radius 3 is 2.71 bits per heavy atom. The molecular weight excluding hydrogens is 268 g/mol. The van der Waals surface area contributed by atoms with Crippen LogP contribution >= 0.6 is 0 Å². The second-order valence-electron chi connectivity index (χ2n) is 5.39. The monoisotopic (exact) mass is 290 g/mol. The number of hydrogen-bond acceptors (Lipinski definition) is 4. The van der Waals surface area contributed by atoms with Crippen LogP contribution in [0.4, 0.5) is 0 Å². The summed E-state index contributed by atoms with van der Waals surface area (Å²) in [6.07, 6.45) is 5.89. The number of carbonyl (C=O) groups excluding carboxylic acids is 1. The van der Waals surface area contributed by atoms with Gasteiger partial charge >= 0.3 is 0 Å². The normalized spacial score (nSPS) is 20.0. The zero-order valence-electron chi connectivity index (χ0n) is 12.5. The molecule has 1 N–H and O–H groups in total. The molecule has 1 aromatic carbocycles. The van der Waals surface area contributed by atoms with Gasteiger partial charge in [0.2, 0.25) is 0 Å². The molecule has 0 bridgehead atoms. The number of ether oxygens (including phenoxy) is 2. The Morgan fingerprint density at radius 1 is 1.33 bits per heavy atom. The second-order valence-corrected chi connectivity index (χ2v) is 5.39. The van der Waals surface area contributed by atoms with Crippen molar-refractivity contribution in [2.75, 3.05) is 14.2 Å². The molecule has 1 saturated carbocycles. The van der Waals surface area contributed by atoms with E-state index in [-0.39, 0.29) is 5.92 Å². The summed E-state index contributed by atoms with van der Waals surface area (Å²) in [5.74, 6) is 1.94. The molecule has 4 heteroatoms. The number of allylic oxidation sites excluding steroid dienone is 1. The lowest BCUT2D eigenvalue weighted by atomic mass is 10.0. The van der Waals surface area contributed by atoms with Gasteiger partial charge in [-0.1, -0.05) is 18.2 Å². The summed E-state index contributed by atoms with van der Waals surface area (Å²) in [4.78, 5) is 11.2. The van der Waals surface area contributed by atoms with Gasteiger partial charge in [0.25, 0.3) is 0 Å². The van der Waals surface area contributed by atoms with Gasteiger partial charge in [-0.25, -0.2) is 0 Å². The molecule has 1 aliphatic carbocycles. The topological polar surface area (TPSA) is 55.8 Å². The number of aliphatic hydroxyl groups excluding tert-OH is 1. The van der Waals surface area contributed by atoms with Crippen LogP contribution < -0.4 is 9.47 Å². The molecule has 2 rings (SSSR count). The van der Waals surface area contributed by atoms with Gasteiger partial charge in [-0.3, -0.25) is 4.79 Å². The van der Waals surface area contributed by atoms with Crippen molar-refractivity contribution in [3.05, 3.63) is 35.9 Å². The Morgan fingerprint density at radius 2 is 2.10 bits per heavy atom. The number of benzene rings is 1. The van der Waals surface area contributed by atoms with E-state index >= 15 is 0 Å². The Labute approximate surface area is 125 Å². The molecule has 0 aliphatic heterocycles. The fourth-order valence-electron chi connectivity index (χ4n) is 2.61. The van der Waals surface area contributed by atoms with Crippen molar-refractivity contribution >= 4 is 5.78 Å². The maximum Gasteiger partial charge on any atom is 0.160 e. The zero-order valence-corrected chi connectivity index (χ0v) is 12.5. The van der Waals surface area contributed by atoms with Gasteiger partial charge in [0.05, 0.1) is 20.3 Å². The van der Waals surface area contributed by atoms with E-state index in [4.69, 9.17) is 9.47 Å². The number of Topliss-reactive ketones (excluding diaryl/α,β-unsaturated/α-hetero) is 1. The Kier molecular flexibility index (Phi) is 5.39. The first kappa shape index (κ1) is 15.6. The van der Waals surface area contributed by atoms with Crippen LogP contribution in [0.2, 0.25) is 0 Å². The van der Waals surface area contributed by atoms with Crippen LogP contribution in [-0.2, 0) is 11.2 Å². The van der Waals surface area contributed by atoms with E-state index in [1.54, 1.807) is 20.3 Å². The molecule has 0 heterocycles. The second kappa shape index (κ2) is 7.27. The van der Waals surface area contributed by atoms with E-state index in [1.165, 1.54) is 0 Å². The predicted molar refractivity (Wildman–Crippen MR) is 80.7 cm³/mol. The summed E-state index contributed by atoms with van der Waals surface area (Å²) in [6.45, 7) is 0. The molecule has 21 heavy (non-hydrogen) atoms. The molecular formula is C17H22O4. The van der Waals surface area contributed by atoms with Crippen LogP contribution in [-0.4, -0.2) is 31.2 Å². The quantitative estimate of drug-likeness (QED) is 0.818. The Bertz CT molecular complexity index is 522. The van der Waals surface area contributed by atoms with Crippen molar-refractivity contribution in [2.45, 2.75) is 31.8 Å². The fourth-order valence-corrected chi connectivity index (χ4v) is 2.61. The molecule has 0 spiro atoms. The van der Waals surface area contributed by atoms with Gasteiger partial charge in [0, 0.05) is 19.3 Å². The lowest BCUT2D eigenvalue weighted by Crippen LogP contribution is -2.07. The average Bonchev–Trinajstić information content (AvgIpc) is 2.90. The third-order valence-corrected chi connectivity index (χ3v) is 3.78. The number of aliphatic hydroxyl groups is 1. The highest BCUT2D eigenvalue weighted by Gasteiger charge is 2.19. The lowest BCUT2D eigenvalue weighted by Gasteiger charge is -2.11.